The van der Waals surface area contributed by atoms with Gasteiger partial charge in [-0.2, -0.15) is 0 Å². The Morgan fingerprint density at radius 1 is 1.27 bits per heavy atom. The molecule has 2 aromatic rings. The Labute approximate surface area is 96.4 Å². The fraction of sp³-hybridized carbons (Fsp3) is 0.222. The molecule has 4 nitrogen and oxygen atoms in total. The molecule has 0 aliphatic rings. The zero-order chi connectivity index (χ0) is 10.5. The summed E-state index contributed by atoms with van der Waals surface area (Å²) in [5.41, 5.74) is 2.91. The molecular formula is C9H9ClN4S. The summed E-state index contributed by atoms with van der Waals surface area (Å²) in [7, 11) is 0. The number of thiazole rings is 1. The molecule has 15 heavy (non-hydrogen) atoms. The predicted molar refractivity (Wildman–Crippen MR) is 61.3 cm³/mol. The Bertz CT molecular complexity index is 401. The monoisotopic (exact) mass is 240 g/mol. The van der Waals surface area contributed by atoms with Crippen LogP contribution in [0.15, 0.2) is 23.3 Å². The number of nitrogens with zero attached hydrogens (tertiary/aromatic N) is 3. The summed E-state index contributed by atoms with van der Waals surface area (Å²) in [5, 5.41) is 5.67. The van der Waals surface area contributed by atoms with Crippen molar-refractivity contribution in [2.45, 2.75) is 6.42 Å². The minimum atomic E-state index is 0.542. The molecule has 0 aliphatic carbocycles. The quantitative estimate of drug-likeness (QED) is 0.891. The van der Waals surface area contributed by atoms with E-state index >= 15 is 0 Å². The van der Waals surface area contributed by atoms with Crippen molar-refractivity contribution in [2.75, 3.05) is 11.9 Å². The van der Waals surface area contributed by atoms with Gasteiger partial charge in [0.2, 0.25) is 5.95 Å². The van der Waals surface area contributed by atoms with E-state index < -0.39 is 0 Å². The number of aromatic nitrogens is 3. The number of anilines is 1. The van der Waals surface area contributed by atoms with Gasteiger partial charge < -0.3 is 5.32 Å². The first-order valence-corrected chi connectivity index (χ1v) is 5.75. The predicted octanol–water partition coefficient (Wildman–Crippen LogP) is 2.24. The van der Waals surface area contributed by atoms with Crippen molar-refractivity contribution < 1.29 is 0 Å². The molecule has 2 aromatic heterocycles. The minimum absolute atomic E-state index is 0.542. The first-order chi connectivity index (χ1) is 7.34. The third-order valence-electron chi connectivity index (χ3n) is 1.77. The third-order valence-corrected chi connectivity index (χ3v) is 2.60. The molecule has 2 heterocycles. The van der Waals surface area contributed by atoms with E-state index in [9.17, 15) is 0 Å². The second-order valence-corrected chi connectivity index (χ2v) is 4.04. The van der Waals surface area contributed by atoms with Crippen molar-refractivity contribution in [1.82, 2.24) is 15.0 Å². The lowest BCUT2D eigenvalue weighted by atomic mass is 10.3. The van der Waals surface area contributed by atoms with E-state index in [1.807, 2.05) is 10.9 Å². The highest BCUT2D eigenvalue weighted by Crippen LogP contribution is 2.06. The SMILES string of the molecule is Clc1cnc(NCCc2cscn2)nc1. The van der Waals surface area contributed by atoms with Gasteiger partial charge in [-0.1, -0.05) is 11.6 Å². The fourth-order valence-electron chi connectivity index (χ4n) is 1.07. The third kappa shape index (κ3) is 3.14. The molecule has 2 rings (SSSR count). The molecule has 0 saturated heterocycles. The van der Waals surface area contributed by atoms with Gasteiger partial charge in [0.15, 0.2) is 0 Å². The summed E-state index contributed by atoms with van der Waals surface area (Å²) in [6.07, 6.45) is 4.01. The number of rotatable bonds is 4. The molecule has 0 aromatic carbocycles. The summed E-state index contributed by atoms with van der Waals surface area (Å²) in [6, 6.07) is 0. The van der Waals surface area contributed by atoms with Crippen LogP contribution in [0.1, 0.15) is 5.69 Å². The average molecular weight is 241 g/mol. The standard InChI is InChI=1S/C9H9ClN4S/c10-7-3-12-9(13-4-7)11-2-1-8-5-15-6-14-8/h3-6H,1-2H2,(H,11,12,13). The number of nitrogens with one attached hydrogen (secondary N) is 1. The number of hydrogen-bond acceptors (Lipinski definition) is 5. The van der Waals surface area contributed by atoms with Crippen molar-refractivity contribution >= 4 is 28.9 Å². The van der Waals surface area contributed by atoms with Gasteiger partial charge in [-0.25, -0.2) is 15.0 Å². The topological polar surface area (TPSA) is 50.7 Å². The van der Waals surface area contributed by atoms with Crippen LogP contribution in [0.25, 0.3) is 0 Å². The van der Waals surface area contributed by atoms with E-state index in [2.05, 4.69) is 20.3 Å². The summed E-state index contributed by atoms with van der Waals surface area (Å²) in [4.78, 5) is 12.2. The van der Waals surface area contributed by atoms with Crippen LogP contribution in [0.5, 0.6) is 0 Å². The van der Waals surface area contributed by atoms with Crippen molar-refractivity contribution in [3.05, 3.63) is 34.0 Å². The van der Waals surface area contributed by atoms with Gasteiger partial charge in [0.25, 0.3) is 0 Å². The second-order valence-electron chi connectivity index (χ2n) is 2.88. The van der Waals surface area contributed by atoms with Gasteiger partial charge in [0.1, 0.15) is 0 Å². The zero-order valence-electron chi connectivity index (χ0n) is 7.85. The molecule has 0 bridgehead atoms. The summed E-state index contributed by atoms with van der Waals surface area (Å²) < 4.78 is 0. The highest BCUT2D eigenvalue weighted by molar-refractivity contribution is 7.07. The zero-order valence-corrected chi connectivity index (χ0v) is 9.42. The molecule has 0 amide bonds. The first-order valence-electron chi connectivity index (χ1n) is 4.43. The molecule has 1 N–H and O–H groups in total. The lowest BCUT2D eigenvalue weighted by molar-refractivity contribution is 0.953. The van der Waals surface area contributed by atoms with Crippen LogP contribution in [0.4, 0.5) is 5.95 Å². The smallest absolute Gasteiger partial charge is 0.222 e. The van der Waals surface area contributed by atoms with Crippen LogP contribution in [-0.4, -0.2) is 21.5 Å². The number of halogens is 1. The van der Waals surface area contributed by atoms with Crippen molar-refractivity contribution in [1.29, 1.82) is 0 Å². The molecule has 6 heteroatoms. The van der Waals surface area contributed by atoms with E-state index in [4.69, 9.17) is 11.6 Å². The molecule has 0 spiro atoms. The Morgan fingerprint density at radius 2 is 2.07 bits per heavy atom. The van der Waals surface area contributed by atoms with Crippen LogP contribution in [-0.2, 0) is 6.42 Å². The van der Waals surface area contributed by atoms with Gasteiger partial charge in [-0.05, 0) is 0 Å². The lowest BCUT2D eigenvalue weighted by Crippen LogP contribution is -2.07. The highest BCUT2D eigenvalue weighted by Gasteiger charge is 1.97. The Balaban J connectivity index is 1.81. The molecule has 0 unspecified atom stereocenters. The molecule has 78 valence electrons. The lowest BCUT2D eigenvalue weighted by Gasteiger charge is -2.02. The molecule has 0 fully saturated rings. The summed E-state index contributed by atoms with van der Waals surface area (Å²) in [5.74, 6) is 0.592. The average Bonchev–Trinajstić information content (AvgIpc) is 2.74. The van der Waals surface area contributed by atoms with Gasteiger partial charge in [0.05, 0.1) is 28.6 Å². The van der Waals surface area contributed by atoms with Gasteiger partial charge in [0, 0.05) is 18.3 Å². The Kier molecular flexibility index (Phi) is 3.47. The van der Waals surface area contributed by atoms with E-state index in [0.29, 0.717) is 11.0 Å². The van der Waals surface area contributed by atoms with E-state index in [1.165, 1.54) is 0 Å². The first kappa shape index (κ1) is 10.3. The van der Waals surface area contributed by atoms with E-state index in [1.54, 1.807) is 23.7 Å². The van der Waals surface area contributed by atoms with Crippen molar-refractivity contribution in [3.63, 3.8) is 0 Å². The fourth-order valence-corrected chi connectivity index (χ4v) is 1.76. The molecule has 0 radical (unpaired) electrons. The molecule has 0 atom stereocenters. The Morgan fingerprint density at radius 3 is 2.73 bits per heavy atom. The maximum Gasteiger partial charge on any atom is 0.222 e. The van der Waals surface area contributed by atoms with Crippen LogP contribution < -0.4 is 5.32 Å². The maximum atomic E-state index is 5.67. The highest BCUT2D eigenvalue weighted by atomic mass is 35.5. The van der Waals surface area contributed by atoms with Gasteiger partial charge in [-0.15, -0.1) is 11.3 Å². The van der Waals surface area contributed by atoms with Crippen LogP contribution in [0, 0.1) is 0 Å². The normalized spacial score (nSPS) is 10.2. The maximum absolute atomic E-state index is 5.67. The molecule has 0 aliphatic heterocycles. The molecular weight excluding hydrogens is 232 g/mol. The van der Waals surface area contributed by atoms with Crippen molar-refractivity contribution in [2.24, 2.45) is 0 Å². The summed E-state index contributed by atoms with van der Waals surface area (Å²) in [6.45, 7) is 0.769. The van der Waals surface area contributed by atoms with Crippen LogP contribution in [0.3, 0.4) is 0 Å². The summed E-state index contributed by atoms with van der Waals surface area (Å²) >= 11 is 7.27. The minimum Gasteiger partial charge on any atom is -0.354 e. The van der Waals surface area contributed by atoms with Gasteiger partial charge in [-0.3, -0.25) is 0 Å². The second kappa shape index (κ2) is 5.04. The van der Waals surface area contributed by atoms with E-state index in [0.717, 1.165) is 18.7 Å². The van der Waals surface area contributed by atoms with Crippen molar-refractivity contribution in [3.8, 4) is 0 Å². The number of hydrogen-bond donors (Lipinski definition) is 1. The largest absolute Gasteiger partial charge is 0.354 e. The molecule has 0 saturated carbocycles. The van der Waals surface area contributed by atoms with Crippen LogP contribution in [0.2, 0.25) is 5.02 Å². The Hall–Kier alpha value is -1.20. The van der Waals surface area contributed by atoms with Crippen LogP contribution >= 0.6 is 22.9 Å². The van der Waals surface area contributed by atoms with Gasteiger partial charge >= 0.3 is 0 Å². The van der Waals surface area contributed by atoms with E-state index in [-0.39, 0.29) is 0 Å².